The van der Waals surface area contributed by atoms with Crippen LogP contribution in [0.1, 0.15) is 28.9 Å². The predicted octanol–water partition coefficient (Wildman–Crippen LogP) is 1.84. The first-order chi connectivity index (χ1) is 8.11. The van der Waals surface area contributed by atoms with Gasteiger partial charge < -0.3 is 10.4 Å². The second-order valence-electron chi connectivity index (χ2n) is 4.86. The van der Waals surface area contributed by atoms with Gasteiger partial charge in [0.25, 0.3) is 0 Å². The molecule has 2 rings (SSSR count). The first-order valence-corrected chi connectivity index (χ1v) is 8.21. The van der Waals surface area contributed by atoms with Crippen LogP contribution >= 0.6 is 23.1 Å². The highest BCUT2D eigenvalue weighted by Crippen LogP contribution is 2.27. The molecular formula is C12H20N2OS2. The minimum Gasteiger partial charge on any atom is -0.388 e. The summed E-state index contributed by atoms with van der Waals surface area (Å²) in [7, 11) is 0. The normalized spacial score (nSPS) is 18.1. The van der Waals surface area contributed by atoms with Crippen molar-refractivity contribution in [3.05, 3.63) is 15.6 Å². The van der Waals surface area contributed by atoms with Crippen LogP contribution in [-0.4, -0.2) is 34.2 Å². The molecule has 1 unspecified atom stereocenters. The van der Waals surface area contributed by atoms with Crippen LogP contribution in [-0.2, 0) is 19.4 Å². The van der Waals surface area contributed by atoms with Gasteiger partial charge >= 0.3 is 0 Å². The SMILES string of the molecule is CSCC(C)(O)CNCc1nc2c(s1)CCC2. The number of hydrogen-bond acceptors (Lipinski definition) is 5. The summed E-state index contributed by atoms with van der Waals surface area (Å²) < 4.78 is 0. The van der Waals surface area contributed by atoms with Crippen molar-refractivity contribution in [3.63, 3.8) is 0 Å². The van der Waals surface area contributed by atoms with Gasteiger partial charge in [-0.05, 0) is 32.4 Å². The number of thiazole rings is 1. The van der Waals surface area contributed by atoms with Crippen LogP contribution in [0.5, 0.6) is 0 Å². The van der Waals surface area contributed by atoms with Crippen molar-refractivity contribution >= 4 is 23.1 Å². The molecule has 1 aliphatic carbocycles. The summed E-state index contributed by atoms with van der Waals surface area (Å²) in [5.74, 6) is 0.758. The van der Waals surface area contributed by atoms with Crippen molar-refractivity contribution in [2.24, 2.45) is 0 Å². The Morgan fingerprint density at radius 1 is 1.53 bits per heavy atom. The van der Waals surface area contributed by atoms with Crippen LogP contribution in [0.3, 0.4) is 0 Å². The molecule has 96 valence electrons. The molecule has 1 heterocycles. The molecule has 0 bridgehead atoms. The summed E-state index contributed by atoms with van der Waals surface area (Å²) in [5, 5.41) is 14.5. The average Bonchev–Trinajstić information content (AvgIpc) is 2.76. The molecule has 1 aliphatic rings. The molecule has 2 N–H and O–H groups in total. The van der Waals surface area contributed by atoms with Crippen LogP contribution in [0, 0.1) is 0 Å². The fourth-order valence-electron chi connectivity index (χ4n) is 2.12. The number of hydrogen-bond donors (Lipinski definition) is 2. The first kappa shape index (κ1) is 13.3. The summed E-state index contributed by atoms with van der Waals surface area (Å²) in [5.41, 5.74) is 0.682. The Labute approximate surface area is 111 Å². The highest BCUT2D eigenvalue weighted by molar-refractivity contribution is 7.98. The van der Waals surface area contributed by atoms with E-state index in [1.54, 1.807) is 11.8 Å². The molecule has 0 fully saturated rings. The quantitative estimate of drug-likeness (QED) is 0.829. The van der Waals surface area contributed by atoms with Gasteiger partial charge in [0.2, 0.25) is 0 Å². The Morgan fingerprint density at radius 3 is 3.06 bits per heavy atom. The van der Waals surface area contributed by atoms with Gasteiger partial charge in [0.15, 0.2) is 0 Å². The van der Waals surface area contributed by atoms with Crippen molar-refractivity contribution in [2.45, 2.75) is 38.3 Å². The minimum absolute atomic E-state index is 0.623. The highest BCUT2D eigenvalue weighted by Gasteiger charge is 2.20. The van der Waals surface area contributed by atoms with E-state index in [2.05, 4.69) is 10.3 Å². The predicted molar refractivity (Wildman–Crippen MR) is 74.9 cm³/mol. The lowest BCUT2D eigenvalue weighted by Gasteiger charge is -2.22. The Morgan fingerprint density at radius 2 is 2.35 bits per heavy atom. The van der Waals surface area contributed by atoms with E-state index in [0.29, 0.717) is 6.54 Å². The molecule has 5 heteroatoms. The topological polar surface area (TPSA) is 45.1 Å². The van der Waals surface area contributed by atoms with Gasteiger partial charge in [-0.2, -0.15) is 11.8 Å². The van der Waals surface area contributed by atoms with Gasteiger partial charge in [-0.25, -0.2) is 4.98 Å². The maximum absolute atomic E-state index is 10.0. The van der Waals surface area contributed by atoms with Gasteiger partial charge in [0, 0.05) is 23.7 Å². The molecular weight excluding hydrogens is 252 g/mol. The third-order valence-electron chi connectivity index (χ3n) is 2.88. The maximum atomic E-state index is 10.0. The van der Waals surface area contributed by atoms with Gasteiger partial charge in [-0.15, -0.1) is 11.3 Å². The highest BCUT2D eigenvalue weighted by atomic mass is 32.2. The van der Waals surface area contributed by atoms with Crippen LogP contribution < -0.4 is 5.32 Å². The van der Waals surface area contributed by atoms with E-state index in [0.717, 1.165) is 23.7 Å². The first-order valence-electron chi connectivity index (χ1n) is 6.00. The summed E-state index contributed by atoms with van der Waals surface area (Å²) >= 11 is 3.50. The number of nitrogens with one attached hydrogen (secondary N) is 1. The van der Waals surface area contributed by atoms with Crippen molar-refractivity contribution in [1.82, 2.24) is 10.3 Å². The third kappa shape index (κ3) is 3.68. The minimum atomic E-state index is -0.626. The molecule has 17 heavy (non-hydrogen) atoms. The zero-order chi connectivity index (χ0) is 12.3. The monoisotopic (exact) mass is 272 g/mol. The number of rotatable bonds is 6. The van der Waals surface area contributed by atoms with Crippen LogP contribution in [0.25, 0.3) is 0 Å². The number of fused-ring (bicyclic) bond motifs is 1. The Balaban J connectivity index is 1.78. The van der Waals surface area contributed by atoms with Crippen LogP contribution in [0.2, 0.25) is 0 Å². The number of aliphatic hydroxyl groups is 1. The van der Waals surface area contributed by atoms with Crippen LogP contribution in [0.4, 0.5) is 0 Å². The molecule has 0 aliphatic heterocycles. The van der Waals surface area contributed by atoms with Crippen molar-refractivity contribution < 1.29 is 5.11 Å². The summed E-state index contributed by atoms with van der Waals surface area (Å²) in [6, 6.07) is 0. The summed E-state index contributed by atoms with van der Waals surface area (Å²) in [6.45, 7) is 3.28. The summed E-state index contributed by atoms with van der Waals surface area (Å²) in [4.78, 5) is 6.10. The zero-order valence-corrected chi connectivity index (χ0v) is 12.1. The molecule has 1 atom stereocenters. The number of thioether (sulfide) groups is 1. The molecule has 1 aromatic heterocycles. The fourth-order valence-corrected chi connectivity index (χ4v) is 3.97. The molecule has 1 aromatic rings. The fraction of sp³-hybridized carbons (Fsp3) is 0.750. The average molecular weight is 272 g/mol. The van der Waals surface area contributed by atoms with E-state index in [4.69, 9.17) is 0 Å². The van der Waals surface area contributed by atoms with Crippen molar-refractivity contribution in [2.75, 3.05) is 18.6 Å². The molecule has 0 saturated heterocycles. The molecule has 0 saturated carbocycles. The number of aromatic nitrogens is 1. The lowest BCUT2D eigenvalue weighted by atomic mass is 10.1. The second-order valence-corrected chi connectivity index (χ2v) is 6.90. The molecule has 0 spiro atoms. The standard InChI is InChI=1S/C12H20N2OS2/c1-12(15,8-16-2)7-13-6-11-14-9-4-3-5-10(9)17-11/h13,15H,3-8H2,1-2H3. The van der Waals surface area contributed by atoms with Gasteiger partial charge in [0.1, 0.15) is 5.01 Å². The zero-order valence-electron chi connectivity index (χ0n) is 10.5. The lowest BCUT2D eigenvalue weighted by Crippen LogP contribution is -2.39. The molecule has 3 nitrogen and oxygen atoms in total. The second kappa shape index (κ2) is 5.69. The molecule has 0 amide bonds. The lowest BCUT2D eigenvalue weighted by molar-refractivity contribution is 0.0846. The van der Waals surface area contributed by atoms with Crippen molar-refractivity contribution in [3.8, 4) is 0 Å². The maximum Gasteiger partial charge on any atom is 0.107 e. The molecule has 0 aromatic carbocycles. The Hall–Kier alpha value is -0.100. The Bertz CT molecular complexity index is 355. The van der Waals surface area contributed by atoms with E-state index in [9.17, 15) is 5.11 Å². The summed E-state index contributed by atoms with van der Waals surface area (Å²) in [6.07, 6.45) is 5.64. The number of nitrogens with zero attached hydrogens (tertiary/aromatic N) is 1. The third-order valence-corrected chi connectivity index (χ3v) is 4.95. The van der Waals surface area contributed by atoms with Gasteiger partial charge in [-0.1, -0.05) is 0 Å². The van der Waals surface area contributed by atoms with E-state index < -0.39 is 5.60 Å². The van der Waals surface area contributed by atoms with Crippen LogP contribution in [0.15, 0.2) is 0 Å². The van der Waals surface area contributed by atoms with Crippen molar-refractivity contribution in [1.29, 1.82) is 0 Å². The Kier molecular flexibility index (Phi) is 4.47. The van der Waals surface area contributed by atoms with E-state index in [1.807, 2.05) is 24.5 Å². The van der Waals surface area contributed by atoms with E-state index in [1.165, 1.54) is 23.4 Å². The van der Waals surface area contributed by atoms with Gasteiger partial charge in [0.05, 0.1) is 11.3 Å². The van der Waals surface area contributed by atoms with E-state index in [-0.39, 0.29) is 0 Å². The smallest absolute Gasteiger partial charge is 0.107 e. The van der Waals surface area contributed by atoms with E-state index >= 15 is 0 Å². The molecule has 0 radical (unpaired) electrons. The van der Waals surface area contributed by atoms with Gasteiger partial charge in [-0.3, -0.25) is 0 Å². The number of aryl methyl sites for hydroxylation is 2. The largest absolute Gasteiger partial charge is 0.388 e.